The molecule has 2 amide bonds. The number of nitrogens with zero attached hydrogens (tertiary/aromatic N) is 5. The molecule has 30 heavy (non-hydrogen) atoms. The molecule has 162 valence electrons. The van der Waals surface area contributed by atoms with Gasteiger partial charge in [0, 0.05) is 70.3 Å². The van der Waals surface area contributed by atoms with E-state index in [-0.39, 0.29) is 11.8 Å². The van der Waals surface area contributed by atoms with Crippen molar-refractivity contribution < 1.29 is 13.9 Å². The highest BCUT2D eigenvalue weighted by Gasteiger charge is 2.21. The van der Waals surface area contributed by atoms with E-state index in [1.54, 1.807) is 21.7 Å². The Bertz CT molecular complexity index is 867. The predicted octanol–water partition coefficient (Wildman–Crippen LogP) is 2.14. The second-order valence-corrected chi connectivity index (χ2v) is 7.83. The zero-order chi connectivity index (χ0) is 20.9. The van der Waals surface area contributed by atoms with Crippen LogP contribution in [-0.4, -0.2) is 78.1 Å². The smallest absolute Gasteiger partial charge is 0.321 e. The number of urea groups is 1. The average Bonchev–Trinajstić information content (AvgIpc) is 3.00. The highest BCUT2D eigenvalue weighted by molar-refractivity contribution is 5.89. The summed E-state index contributed by atoms with van der Waals surface area (Å²) in [6.07, 6.45) is 4.80. The second-order valence-electron chi connectivity index (χ2n) is 7.83. The predicted molar refractivity (Wildman–Crippen MR) is 113 cm³/mol. The zero-order valence-electron chi connectivity index (χ0n) is 17.4. The van der Waals surface area contributed by atoms with Crippen LogP contribution in [-0.2, 0) is 18.3 Å². The van der Waals surface area contributed by atoms with Gasteiger partial charge in [0.1, 0.15) is 5.82 Å². The quantitative estimate of drug-likeness (QED) is 0.827. The Morgan fingerprint density at radius 3 is 2.73 bits per heavy atom. The number of carbonyl (C=O) groups is 1. The lowest BCUT2D eigenvalue weighted by atomic mass is 10.2. The van der Waals surface area contributed by atoms with Gasteiger partial charge in [0.25, 0.3) is 0 Å². The Morgan fingerprint density at radius 1 is 1.17 bits per heavy atom. The number of rotatable bonds is 4. The van der Waals surface area contributed by atoms with E-state index in [9.17, 15) is 9.18 Å². The molecule has 2 aliphatic heterocycles. The molecule has 8 nitrogen and oxygen atoms in total. The molecule has 0 bridgehead atoms. The average molecular weight is 417 g/mol. The van der Waals surface area contributed by atoms with Crippen molar-refractivity contribution in [3.8, 4) is 0 Å². The fourth-order valence-electron chi connectivity index (χ4n) is 3.99. The van der Waals surface area contributed by atoms with Crippen LogP contribution in [0.3, 0.4) is 0 Å². The van der Waals surface area contributed by atoms with Crippen molar-refractivity contribution in [3.05, 3.63) is 42.0 Å². The van der Waals surface area contributed by atoms with Gasteiger partial charge in [-0.3, -0.25) is 9.58 Å². The van der Waals surface area contributed by atoms with E-state index in [2.05, 4.69) is 15.3 Å². The van der Waals surface area contributed by atoms with Gasteiger partial charge >= 0.3 is 6.03 Å². The van der Waals surface area contributed by atoms with Gasteiger partial charge < -0.3 is 19.9 Å². The summed E-state index contributed by atoms with van der Waals surface area (Å²) in [5.41, 5.74) is 2.20. The molecule has 4 rings (SSSR count). The van der Waals surface area contributed by atoms with Crippen molar-refractivity contribution in [2.75, 3.05) is 62.7 Å². The number of hydrogen-bond donors (Lipinski definition) is 1. The molecule has 1 aromatic carbocycles. The first-order valence-electron chi connectivity index (χ1n) is 10.5. The first kappa shape index (κ1) is 20.6. The van der Waals surface area contributed by atoms with E-state index in [1.807, 2.05) is 24.3 Å². The van der Waals surface area contributed by atoms with Crippen molar-refractivity contribution in [2.45, 2.75) is 13.0 Å². The summed E-state index contributed by atoms with van der Waals surface area (Å²) in [5, 5.41) is 7.06. The summed E-state index contributed by atoms with van der Waals surface area (Å²) in [4.78, 5) is 18.8. The van der Waals surface area contributed by atoms with Gasteiger partial charge in [-0.25, -0.2) is 9.18 Å². The van der Waals surface area contributed by atoms with E-state index in [0.29, 0.717) is 50.8 Å². The van der Waals surface area contributed by atoms with Gasteiger partial charge in [-0.2, -0.15) is 5.10 Å². The number of aromatic nitrogens is 2. The number of morpholine rings is 1. The maximum absolute atomic E-state index is 14.6. The number of nitrogens with one attached hydrogen (secondary N) is 1. The fraction of sp³-hybridized carbons (Fsp3) is 0.524. The van der Waals surface area contributed by atoms with Gasteiger partial charge in [0.2, 0.25) is 0 Å². The Balaban J connectivity index is 1.31. The molecular weight excluding hydrogens is 387 g/mol. The maximum atomic E-state index is 14.6. The number of aryl methyl sites for hydroxylation is 1. The van der Waals surface area contributed by atoms with Crippen LogP contribution in [0.4, 0.5) is 20.6 Å². The van der Waals surface area contributed by atoms with Gasteiger partial charge in [0.05, 0.1) is 25.1 Å². The van der Waals surface area contributed by atoms with Gasteiger partial charge in [-0.15, -0.1) is 0 Å². The highest BCUT2D eigenvalue weighted by atomic mass is 19.1. The van der Waals surface area contributed by atoms with Crippen molar-refractivity contribution in [3.63, 3.8) is 0 Å². The van der Waals surface area contributed by atoms with Crippen LogP contribution < -0.4 is 10.2 Å². The number of amides is 2. The lowest BCUT2D eigenvalue weighted by Crippen LogP contribution is -2.38. The first-order chi connectivity index (χ1) is 14.6. The SMILES string of the molecule is Cn1cc(CN2CCCN(C(=O)Nc3ccc(N4CCOCC4)c(F)c3)CC2)cn1. The number of benzene rings is 1. The molecule has 2 aliphatic rings. The molecule has 1 N–H and O–H groups in total. The highest BCUT2D eigenvalue weighted by Crippen LogP contribution is 2.24. The lowest BCUT2D eigenvalue weighted by Gasteiger charge is -2.29. The monoisotopic (exact) mass is 416 g/mol. The van der Waals surface area contributed by atoms with Gasteiger partial charge in [0.15, 0.2) is 0 Å². The number of carbonyl (C=O) groups excluding carboxylic acids is 1. The van der Waals surface area contributed by atoms with Crippen LogP contribution >= 0.6 is 0 Å². The first-order valence-corrected chi connectivity index (χ1v) is 10.5. The summed E-state index contributed by atoms with van der Waals surface area (Å²) in [6, 6.07) is 4.71. The molecule has 2 saturated heterocycles. The van der Waals surface area contributed by atoms with Crippen LogP contribution in [0.2, 0.25) is 0 Å². The molecule has 0 saturated carbocycles. The minimum atomic E-state index is -0.326. The number of ether oxygens (including phenoxy) is 1. The van der Waals surface area contributed by atoms with E-state index in [0.717, 1.165) is 26.1 Å². The van der Waals surface area contributed by atoms with E-state index in [4.69, 9.17) is 4.74 Å². The molecule has 0 radical (unpaired) electrons. The third kappa shape index (κ3) is 5.09. The van der Waals surface area contributed by atoms with Crippen molar-refractivity contribution in [1.29, 1.82) is 0 Å². The standard InChI is InChI=1S/C21H29FN6O2/c1-25-15-17(14-23-25)16-26-5-2-6-28(8-7-26)21(29)24-18-3-4-20(19(22)13-18)27-9-11-30-12-10-27/h3-4,13-15H,2,5-12,16H2,1H3,(H,24,29). The summed E-state index contributed by atoms with van der Waals surface area (Å²) in [6.45, 7) is 6.43. The van der Waals surface area contributed by atoms with Crippen molar-refractivity contribution in [1.82, 2.24) is 19.6 Å². The summed E-state index contributed by atoms with van der Waals surface area (Å²) < 4.78 is 21.7. The third-order valence-electron chi connectivity index (χ3n) is 5.59. The Labute approximate surface area is 176 Å². The van der Waals surface area contributed by atoms with E-state index in [1.165, 1.54) is 11.6 Å². The maximum Gasteiger partial charge on any atom is 0.321 e. The van der Waals surface area contributed by atoms with Crippen LogP contribution in [0, 0.1) is 5.82 Å². The number of hydrogen-bond acceptors (Lipinski definition) is 5. The van der Waals surface area contributed by atoms with E-state index >= 15 is 0 Å². The van der Waals surface area contributed by atoms with Crippen LogP contribution in [0.5, 0.6) is 0 Å². The van der Waals surface area contributed by atoms with Gasteiger partial charge in [-0.05, 0) is 24.6 Å². The molecule has 0 spiro atoms. The van der Waals surface area contributed by atoms with Crippen LogP contribution in [0.25, 0.3) is 0 Å². The van der Waals surface area contributed by atoms with Crippen LogP contribution in [0.15, 0.2) is 30.6 Å². The Hall–Kier alpha value is -2.65. The topological polar surface area (TPSA) is 65.9 Å². The third-order valence-corrected chi connectivity index (χ3v) is 5.59. The minimum absolute atomic E-state index is 0.184. The number of anilines is 2. The largest absolute Gasteiger partial charge is 0.378 e. The van der Waals surface area contributed by atoms with Crippen LogP contribution in [0.1, 0.15) is 12.0 Å². The number of halogens is 1. The Kier molecular flexibility index (Phi) is 6.49. The molecule has 3 heterocycles. The molecule has 2 fully saturated rings. The summed E-state index contributed by atoms with van der Waals surface area (Å²) in [5.74, 6) is -0.326. The Morgan fingerprint density at radius 2 is 2.00 bits per heavy atom. The molecule has 0 atom stereocenters. The molecule has 9 heteroatoms. The second kappa shape index (κ2) is 9.44. The van der Waals surface area contributed by atoms with Crippen molar-refractivity contribution in [2.24, 2.45) is 7.05 Å². The molecule has 0 unspecified atom stereocenters. The van der Waals surface area contributed by atoms with Gasteiger partial charge in [-0.1, -0.05) is 0 Å². The molecule has 0 aliphatic carbocycles. The van der Waals surface area contributed by atoms with E-state index < -0.39 is 0 Å². The molecule has 2 aromatic rings. The normalized spacial score (nSPS) is 18.3. The molecular formula is C21H29FN6O2. The zero-order valence-corrected chi connectivity index (χ0v) is 17.4. The summed E-state index contributed by atoms with van der Waals surface area (Å²) in [7, 11) is 1.91. The lowest BCUT2D eigenvalue weighted by molar-refractivity contribution is 0.122. The summed E-state index contributed by atoms with van der Waals surface area (Å²) >= 11 is 0. The van der Waals surface area contributed by atoms with Crippen molar-refractivity contribution >= 4 is 17.4 Å². The fourth-order valence-corrected chi connectivity index (χ4v) is 3.99. The minimum Gasteiger partial charge on any atom is -0.378 e. The molecule has 1 aromatic heterocycles.